The van der Waals surface area contributed by atoms with E-state index < -0.39 is 0 Å². The number of furan rings is 1. The van der Waals surface area contributed by atoms with Gasteiger partial charge in [0.25, 0.3) is 0 Å². The van der Waals surface area contributed by atoms with Crippen molar-refractivity contribution in [3.05, 3.63) is 23.7 Å². The molecule has 2 nitrogen and oxygen atoms in total. The van der Waals surface area contributed by atoms with Gasteiger partial charge >= 0.3 is 0 Å². The molecule has 2 heteroatoms. The third-order valence-corrected chi connectivity index (χ3v) is 3.10. The number of fused-ring (bicyclic) bond motifs is 1. The molecule has 1 heterocycles. The van der Waals surface area contributed by atoms with Gasteiger partial charge in [0.15, 0.2) is 0 Å². The number of rotatable bonds is 2. The summed E-state index contributed by atoms with van der Waals surface area (Å²) in [6.07, 6.45) is 10.4. The summed E-state index contributed by atoms with van der Waals surface area (Å²) in [4.78, 5) is 0. The van der Waals surface area contributed by atoms with Crippen LogP contribution in [-0.4, -0.2) is 6.04 Å². The quantitative estimate of drug-likeness (QED) is 0.750. The SMILES string of the molecule is c1occ2c1CCCC2NC1CC1. The average molecular weight is 177 g/mol. The largest absolute Gasteiger partial charge is 0.472 e. The highest BCUT2D eigenvalue weighted by molar-refractivity contribution is 5.27. The highest BCUT2D eigenvalue weighted by Gasteiger charge is 2.28. The minimum atomic E-state index is 0.579. The first-order chi connectivity index (χ1) is 6.43. The van der Waals surface area contributed by atoms with E-state index in [1.807, 2.05) is 12.5 Å². The molecule has 0 saturated heterocycles. The highest BCUT2D eigenvalue weighted by Crippen LogP contribution is 2.33. The Labute approximate surface area is 78.3 Å². The second-order valence-electron chi connectivity index (χ2n) is 4.24. The lowest BCUT2D eigenvalue weighted by Gasteiger charge is -2.22. The first-order valence-electron chi connectivity index (χ1n) is 5.24. The Balaban J connectivity index is 1.81. The molecule has 0 spiro atoms. The summed E-state index contributed by atoms with van der Waals surface area (Å²) in [6.45, 7) is 0. The van der Waals surface area contributed by atoms with Gasteiger partial charge in [0.1, 0.15) is 0 Å². The van der Waals surface area contributed by atoms with Crippen LogP contribution in [0.2, 0.25) is 0 Å². The second-order valence-corrected chi connectivity index (χ2v) is 4.24. The lowest BCUT2D eigenvalue weighted by molar-refractivity contribution is 0.457. The van der Waals surface area contributed by atoms with E-state index in [0.717, 1.165) is 6.04 Å². The van der Waals surface area contributed by atoms with E-state index in [1.54, 1.807) is 0 Å². The van der Waals surface area contributed by atoms with E-state index >= 15 is 0 Å². The lowest BCUT2D eigenvalue weighted by atomic mass is 9.91. The zero-order valence-electron chi connectivity index (χ0n) is 7.75. The van der Waals surface area contributed by atoms with Crippen molar-refractivity contribution in [2.75, 3.05) is 0 Å². The molecule has 1 saturated carbocycles. The molecular formula is C11H15NO. The first kappa shape index (κ1) is 7.63. The van der Waals surface area contributed by atoms with Crippen LogP contribution < -0.4 is 5.32 Å². The molecule has 0 radical (unpaired) electrons. The second kappa shape index (κ2) is 2.88. The molecule has 0 amide bonds. The van der Waals surface area contributed by atoms with Crippen LogP contribution >= 0.6 is 0 Å². The Kier molecular flexibility index (Phi) is 1.69. The summed E-state index contributed by atoms with van der Waals surface area (Å²) >= 11 is 0. The summed E-state index contributed by atoms with van der Waals surface area (Å²) in [5.74, 6) is 0. The fourth-order valence-electron chi connectivity index (χ4n) is 2.20. The van der Waals surface area contributed by atoms with Gasteiger partial charge in [-0.05, 0) is 37.7 Å². The molecule has 0 aliphatic heterocycles. The van der Waals surface area contributed by atoms with Gasteiger partial charge in [0.05, 0.1) is 12.5 Å². The summed E-state index contributed by atoms with van der Waals surface area (Å²) in [5.41, 5.74) is 2.84. The van der Waals surface area contributed by atoms with Crippen molar-refractivity contribution in [1.29, 1.82) is 0 Å². The predicted octanol–water partition coefficient (Wildman–Crippen LogP) is 2.41. The van der Waals surface area contributed by atoms with E-state index in [-0.39, 0.29) is 0 Å². The monoisotopic (exact) mass is 177 g/mol. The van der Waals surface area contributed by atoms with Gasteiger partial charge in [-0.1, -0.05) is 0 Å². The predicted molar refractivity (Wildman–Crippen MR) is 50.5 cm³/mol. The summed E-state index contributed by atoms with van der Waals surface area (Å²) in [7, 11) is 0. The maximum atomic E-state index is 5.26. The van der Waals surface area contributed by atoms with Crippen molar-refractivity contribution < 1.29 is 4.42 Å². The fourth-order valence-corrected chi connectivity index (χ4v) is 2.20. The highest BCUT2D eigenvalue weighted by atomic mass is 16.3. The number of nitrogens with one attached hydrogen (secondary N) is 1. The van der Waals surface area contributed by atoms with Crippen molar-refractivity contribution in [2.45, 2.75) is 44.2 Å². The van der Waals surface area contributed by atoms with Gasteiger partial charge in [-0.3, -0.25) is 0 Å². The fraction of sp³-hybridized carbons (Fsp3) is 0.636. The van der Waals surface area contributed by atoms with Crippen LogP contribution in [0.1, 0.15) is 42.9 Å². The molecule has 1 fully saturated rings. The third-order valence-electron chi connectivity index (χ3n) is 3.10. The van der Waals surface area contributed by atoms with E-state index in [9.17, 15) is 0 Å². The smallest absolute Gasteiger partial charge is 0.0953 e. The Morgan fingerprint density at radius 1 is 1.23 bits per heavy atom. The Morgan fingerprint density at radius 3 is 3.00 bits per heavy atom. The zero-order valence-corrected chi connectivity index (χ0v) is 7.75. The number of hydrogen-bond acceptors (Lipinski definition) is 2. The third kappa shape index (κ3) is 1.39. The summed E-state index contributed by atoms with van der Waals surface area (Å²) < 4.78 is 5.26. The number of aryl methyl sites for hydroxylation is 1. The Morgan fingerprint density at radius 2 is 2.15 bits per heavy atom. The van der Waals surface area contributed by atoms with Crippen LogP contribution in [0.15, 0.2) is 16.9 Å². The van der Waals surface area contributed by atoms with Crippen LogP contribution in [0, 0.1) is 0 Å². The average Bonchev–Trinajstić information content (AvgIpc) is 2.83. The maximum absolute atomic E-state index is 5.26. The van der Waals surface area contributed by atoms with Crippen molar-refractivity contribution in [2.24, 2.45) is 0 Å². The van der Waals surface area contributed by atoms with Gasteiger partial charge in [0.2, 0.25) is 0 Å². The van der Waals surface area contributed by atoms with E-state index in [2.05, 4.69) is 5.32 Å². The van der Waals surface area contributed by atoms with E-state index in [4.69, 9.17) is 4.42 Å². The molecule has 0 bridgehead atoms. The molecule has 1 unspecified atom stereocenters. The molecule has 2 aliphatic carbocycles. The minimum Gasteiger partial charge on any atom is -0.472 e. The van der Waals surface area contributed by atoms with Gasteiger partial charge in [-0.15, -0.1) is 0 Å². The van der Waals surface area contributed by atoms with Gasteiger partial charge < -0.3 is 9.73 Å². The van der Waals surface area contributed by atoms with Gasteiger partial charge in [0, 0.05) is 17.6 Å². The minimum absolute atomic E-state index is 0.579. The van der Waals surface area contributed by atoms with Crippen molar-refractivity contribution in [3.63, 3.8) is 0 Å². The van der Waals surface area contributed by atoms with Gasteiger partial charge in [-0.25, -0.2) is 0 Å². The molecule has 70 valence electrons. The van der Waals surface area contributed by atoms with Crippen molar-refractivity contribution >= 4 is 0 Å². The first-order valence-corrected chi connectivity index (χ1v) is 5.24. The topological polar surface area (TPSA) is 25.2 Å². The van der Waals surface area contributed by atoms with Crippen LogP contribution in [0.3, 0.4) is 0 Å². The maximum Gasteiger partial charge on any atom is 0.0953 e. The summed E-state index contributed by atoms with van der Waals surface area (Å²) in [5, 5.41) is 3.68. The van der Waals surface area contributed by atoms with Gasteiger partial charge in [-0.2, -0.15) is 0 Å². The summed E-state index contributed by atoms with van der Waals surface area (Å²) in [6, 6.07) is 1.38. The Bertz CT molecular complexity index is 301. The molecule has 3 rings (SSSR count). The van der Waals surface area contributed by atoms with Crippen LogP contribution in [0.25, 0.3) is 0 Å². The lowest BCUT2D eigenvalue weighted by Crippen LogP contribution is -2.26. The molecule has 1 aromatic rings. The molecule has 13 heavy (non-hydrogen) atoms. The van der Waals surface area contributed by atoms with Crippen LogP contribution in [0.5, 0.6) is 0 Å². The standard InChI is InChI=1S/C11H15NO/c1-2-8-6-13-7-10(8)11(3-1)12-9-4-5-9/h6-7,9,11-12H,1-5H2. The van der Waals surface area contributed by atoms with Crippen molar-refractivity contribution in [3.8, 4) is 0 Å². The molecule has 1 aromatic heterocycles. The molecular weight excluding hydrogens is 162 g/mol. The van der Waals surface area contributed by atoms with Crippen LogP contribution in [-0.2, 0) is 6.42 Å². The molecule has 1 atom stereocenters. The Hall–Kier alpha value is -0.760. The van der Waals surface area contributed by atoms with E-state index in [1.165, 1.54) is 43.2 Å². The van der Waals surface area contributed by atoms with E-state index in [0.29, 0.717) is 6.04 Å². The van der Waals surface area contributed by atoms with Crippen molar-refractivity contribution in [1.82, 2.24) is 5.32 Å². The normalized spacial score (nSPS) is 27.2. The molecule has 2 aliphatic rings. The molecule has 0 aromatic carbocycles. The number of hydrogen-bond donors (Lipinski definition) is 1. The molecule has 1 N–H and O–H groups in total. The van der Waals surface area contributed by atoms with Crippen LogP contribution in [0.4, 0.5) is 0 Å². The zero-order chi connectivity index (χ0) is 8.67.